The first-order valence-corrected chi connectivity index (χ1v) is 6.56. The van der Waals surface area contributed by atoms with Crippen LogP contribution in [0.25, 0.3) is 0 Å². The number of amides is 1. The predicted molar refractivity (Wildman–Crippen MR) is 81.6 cm³/mol. The molecule has 0 bridgehead atoms. The van der Waals surface area contributed by atoms with Crippen molar-refractivity contribution in [2.24, 2.45) is 0 Å². The predicted octanol–water partition coefficient (Wildman–Crippen LogP) is 2.91. The number of aryl methyl sites for hydroxylation is 1. The van der Waals surface area contributed by atoms with Crippen LogP contribution < -0.4 is 5.32 Å². The van der Waals surface area contributed by atoms with Gasteiger partial charge in [-0.05, 0) is 42.8 Å². The lowest BCUT2D eigenvalue weighted by Crippen LogP contribution is -2.16. The van der Waals surface area contributed by atoms with Gasteiger partial charge in [0, 0.05) is 5.56 Å². The zero-order valence-corrected chi connectivity index (χ0v) is 12.2. The molecule has 0 aliphatic carbocycles. The lowest BCUT2D eigenvalue weighted by Gasteiger charge is -2.12. The molecule has 0 aliphatic rings. The fourth-order valence-corrected chi connectivity index (χ4v) is 2.04. The third-order valence-electron chi connectivity index (χ3n) is 3.19. The maximum Gasteiger partial charge on any atom is 0.340 e. The molecule has 22 heavy (non-hydrogen) atoms. The maximum absolute atomic E-state index is 12.2. The van der Waals surface area contributed by atoms with E-state index >= 15 is 0 Å². The minimum Gasteiger partial charge on any atom is -0.465 e. The Kier molecular flexibility index (Phi) is 4.54. The summed E-state index contributed by atoms with van der Waals surface area (Å²) >= 11 is 0. The van der Waals surface area contributed by atoms with Crippen LogP contribution in [0.4, 0.5) is 5.69 Å². The number of esters is 1. The van der Waals surface area contributed by atoms with Crippen molar-refractivity contribution in [1.82, 2.24) is 0 Å². The number of nitrogens with one attached hydrogen (secondary N) is 1. The second-order valence-electron chi connectivity index (χ2n) is 4.63. The topological polar surface area (TPSA) is 79.2 Å². The molecule has 1 amide bonds. The van der Waals surface area contributed by atoms with Crippen molar-refractivity contribution >= 4 is 17.6 Å². The fourth-order valence-electron chi connectivity index (χ4n) is 2.04. The standard InChI is InChI=1S/C17H14N2O3/c1-11-4-3-5-14(15(11)17(21)22-2)19-16(20)13-8-6-12(10-18)7-9-13/h3-9H,1-2H3,(H,19,20). The molecule has 110 valence electrons. The Morgan fingerprint density at radius 2 is 1.82 bits per heavy atom. The first-order chi connectivity index (χ1) is 10.6. The number of carbonyl (C=O) groups excluding carboxylic acids is 2. The molecule has 2 rings (SSSR count). The van der Waals surface area contributed by atoms with Crippen molar-refractivity contribution in [3.63, 3.8) is 0 Å². The van der Waals surface area contributed by atoms with E-state index < -0.39 is 5.97 Å². The Bertz CT molecular complexity index is 758. The molecule has 0 saturated heterocycles. The number of methoxy groups -OCH3 is 1. The zero-order chi connectivity index (χ0) is 16.1. The molecule has 0 atom stereocenters. The first-order valence-electron chi connectivity index (χ1n) is 6.56. The third-order valence-corrected chi connectivity index (χ3v) is 3.19. The number of nitriles is 1. The number of anilines is 1. The van der Waals surface area contributed by atoms with Gasteiger partial charge in [0.2, 0.25) is 0 Å². The van der Waals surface area contributed by atoms with Gasteiger partial charge in [0.05, 0.1) is 30.0 Å². The molecular weight excluding hydrogens is 280 g/mol. The Balaban J connectivity index is 2.30. The van der Waals surface area contributed by atoms with Crippen LogP contribution in [0.5, 0.6) is 0 Å². The molecule has 0 aromatic heterocycles. The van der Waals surface area contributed by atoms with Crippen molar-refractivity contribution in [3.05, 3.63) is 64.7 Å². The molecular formula is C17H14N2O3. The van der Waals surface area contributed by atoms with Crippen LogP contribution >= 0.6 is 0 Å². The average Bonchev–Trinajstić information content (AvgIpc) is 2.54. The van der Waals surface area contributed by atoms with E-state index in [0.29, 0.717) is 27.9 Å². The molecule has 5 heteroatoms. The van der Waals surface area contributed by atoms with Gasteiger partial charge in [0.25, 0.3) is 5.91 Å². The van der Waals surface area contributed by atoms with Crippen molar-refractivity contribution in [2.75, 3.05) is 12.4 Å². The summed E-state index contributed by atoms with van der Waals surface area (Å²) in [5.74, 6) is -0.867. The van der Waals surface area contributed by atoms with Crippen LogP contribution in [-0.4, -0.2) is 19.0 Å². The molecule has 0 aliphatic heterocycles. The number of hydrogen-bond donors (Lipinski definition) is 1. The molecule has 0 unspecified atom stereocenters. The van der Waals surface area contributed by atoms with E-state index in [9.17, 15) is 9.59 Å². The number of benzene rings is 2. The highest BCUT2D eigenvalue weighted by atomic mass is 16.5. The van der Waals surface area contributed by atoms with Crippen LogP contribution in [0.15, 0.2) is 42.5 Å². The van der Waals surface area contributed by atoms with Gasteiger partial charge in [0.1, 0.15) is 0 Å². The van der Waals surface area contributed by atoms with Crippen LogP contribution in [0.2, 0.25) is 0 Å². The minimum atomic E-state index is -0.506. The highest BCUT2D eigenvalue weighted by Crippen LogP contribution is 2.21. The molecule has 5 nitrogen and oxygen atoms in total. The largest absolute Gasteiger partial charge is 0.465 e. The van der Waals surface area contributed by atoms with E-state index in [2.05, 4.69) is 5.32 Å². The van der Waals surface area contributed by atoms with Crippen LogP contribution in [0.1, 0.15) is 31.8 Å². The van der Waals surface area contributed by atoms with Crippen molar-refractivity contribution in [3.8, 4) is 6.07 Å². The van der Waals surface area contributed by atoms with E-state index in [-0.39, 0.29) is 5.91 Å². The molecule has 0 saturated carbocycles. The van der Waals surface area contributed by atoms with E-state index in [0.717, 1.165) is 0 Å². The Labute approximate surface area is 128 Å². The highest BCUT2D eigenvalue weighted by molar-refractivity contribution is 6.08. The van der Waals surface area contributed by atoms with Crippen LogP contribution in [-0.2, 0) is 4.74 Å². The molecule has 1 N–H and O–H groups in total. The summed E-state index contributed by atoms with van der Waals surface area (Å²) in [6.45, 7) is 1.77. The normalized spacial score (nSPS) is 9.68. The van der Waals surface area contributed by atoms with Crippen molar-refractivity contribution in [1.29, 1.82) is 5.26 Å². The SMILES string of the molecule is COC(=O)c1c(C)cccc1NC(=O)c1ccc(C#N)cc1. The second-order valence-corrected chi connectivity index (χ2v) is 4.63. The summed E-state index contributed by atoms with van der Waals surface area (Å²) in [5, 5.41) is 11.5. The van der Waals surface area contributed by atoms with E-state index in [1.807, 2.05) is 6.07 Å². The van der Waals surface area contributed by atoms with Crippen LogP contribution in [0.3, 0.4) is 0 Å². The first kappa shape index (κ1) is 15.3. The van der Waals surface area contributed by atoms with E-state index in [1.165, 1.54) is 7.11 Å². The number of rotatable bonds is 3. The van der Waals surface area contributed by atoms with E-state index in [4.69, 9.17) is 10.00 Å². The fraction of sp³-hybridized carbons (Fsp3) is 0.118. The Morgan fingerprint density at radius 1 is 1.14 bits per heavy atom. The minimum absolute atomic E-state index is 0.326. The summed E-state index contributed by atoms with van der Waals surface area (Å²) in [6.07, 6.45) is 0. The van der Waals surface area contributed by atoms with Gasteiger partial charge in [-0.1, -0.05) is 12.1 Å². The van der Waals surface area contributed by atoms with Gasteiger partial charge in [-0.2, -0.15) is 5.26 Å². The van der Waals surface area contributed by atoms with Gasteiger partial charge in [-0.3, -0.25) is 4.79 Å². The summed E-state index contributed by atoms with van der Waals surface area (Å²) in [4.78, 5) is 24.1. The molecule has 0 heterocycles. The van der Waals surface area contributed by atoms with Gasteiger partial charge in [-0.15, -0.1) is 0 Å². The van der Waals surface area contributed by atoms with E-state index in [1.54, 1.807) is 49.4 Å². The zero-order valence-electron chi connectivity index (χ0n) is 12.2. The molecule has 0 radical (unpaired) electrons. The summed E-state index contributed by atoms with van der Waals surface area (Å²) in [7, 11) is 1.29. The summed E-state index contributed by atoms with van der Waals surface area (Å²) in [6, 6.07) is 13.4. The average molecular weight is 294 g/mol. The Hall–Kier alpha value is -3.13. The highest BCUT2D eigenvalue weighted by Gasteiger charge is 2.17. The lowest BCUT2D eigenvalue weighted by atomic mass is 10.1. The van der Waals surface area contributed by atoms with Gasteiger partial charge < -0.3 is 10.1 Å². The second kappa shape index (κ2) is 6.55. The quantitative estimate of drug-likeness (QED) is 0.883. The molecule has 2 aromatic rings. The Morgan fingerprint density at radius 3 is 2.41 bits per heavy atom. The van der Waals surface area contributed by atoms with Crippen LogP contribution in [0, 0.1) is 18.3 Å². The smallest absolute Gasteiger partial charge is 0.340 e. The van der Waals surface area contributed by atoms with Gasteiger partial charge >= 0.3 is 5.97 Å². The molecule has 0 fully saturated rings. The third kappa shape index (κ3) is 3.13. The number of ether oxygens (including phenoxy) is 1. The lowest BCUT2D eigenvalue weighted by molar-refractivity contribution is 0.0601. The molecule has 2 aromatic carbocycles. The molecule has 0 spiro atoms. The maximum atomic E-state index is 12.2. The monoisotopic (exact) mass is 294 g/mol. The number of carbonyl (C=O) groups is 2. The summed E-state index contributed by atoms with van der Waals surface area (Å²) in [5.41, 5.74) is 2.30. The van der Waals surface area contributed by atoms with Gasteiger partial charge in [0.15, 0.2) is 0 Å². The van der Waals surface area contributed by atoms with Crippen molar-refractivity contribution < 1.29 is 14.3 Å². The number of hydrogen-bond acceptors (Lipinski definition) is 4. The van der Waals surface area contributed by atoms with Gasteiger partial charge in [-0.25, -0.2) is 4.79 Å². The van der Waals surface area contributed by atoms with Crippen molar-refractivity contribution in [2.45, 2.75) is 6.92 Å². The summed E-state index contributed by atoms with van der Waals surface area (Å²) < 4.78 is 4.75. The number of nitrogens with zero attached hydrogens (tertiary/aromatic N) is 1.